The van der Waals surface area contributed by atoms with E-state index in [0.717, 1.165) is 0 Å². The summed E-state index contributed by atoms with van der Waals surface area (Å²) in [7, 11) is -2.21. The van der Waals surface area contributed by atoms with Gasteiger partial charge in [0.15, 0.2) is 17.3 Å². The fraction of sp³-hybridized carbons (Fsp3) is 0.667. The van der Waals surface area contributed by atoms with Crippen LogP contribution in [0.5, 0.6) is 0 Å². The molecule has 0 fully saturated rings. The smallest absolute Gasteiger partial charge is 0.332 e. The summed E-state index contributed by atoms with van der Waals surface area (Å²) >= 11 is 4.90. The third-order valence-corrected chi connectivity index (χ3v) is 1.41. The van der Waals surface area contributed by atoms with Gasteiger partial charge in [0.1, 0.15) is 0 Å². The quantitative estimate of drug-likeness (QED) is 0.614. The Balaban J connectivity index is 3.91. The molecule has 0 heterocycles. The van der Waals surface area contributed by atoms with Crippen LogP contribution in [0.2, 0.25) is 0 Å². The minimum Gasteiger partial charge on any atom is -0.596 e. The van der Waals surface area contributed by atoms with Gasteiger partial charge in [-0.25, -0.2) is 4.79 Å². The second-order valence-electron chi connectivity index (χ2n) is 1.36. The monoisotopic (exact) mass is 169 g/mol. The van der Waals surface area contributed by atoms with Gasteiger partial charge in [0.25, 0.3) is 7.29 Å². The van der Waals surface area contributed by atoms with E-state index < -0.39 is 19.3 Å². The third-order valence-electron chi connectivity index (χ3n) is 0.621. The largest absolute Gasteiger partial charge is 0.596 e. The van der Waals surface area contributed by atoms with Crippen molar-refractivity contribution in [3.05, 3.63) is 0 Å². The van der Waals surface area contributed by atoms with Gasteiger partial charge in [-0.3, -0.25) is 0 Å². The molecule has 0 bridgehead atoms. The Morgan fingerprint density at radius 2 is 2.44 bits per heavy atom. The van der Waals surface area contributed by atoms with Crippen LogP contribution >= 0.6 is 18.5 Å². The van der Waals surface area contributed by atoms with Gasteiger partial charge in [-0.2, -0.15) is 0 Å². The number of nitrogens with zero attached hydrogens (tertiary/aromatic N) is 1. The highest BCUT2D eigenvalue weighted by Crippen LogP contribution is 2.21. The van der Waals surface area contributed by atoms with Crippen molar-refractivity contribution in [2.75, 3.05) is 0 Å². The van der Waals surface area contributed by atoms with Gasteiger partial charge in [-0.15, -0.1) is 0 Å². The Labute approximate surface area is 57.8 Å². The Morgan fingerprint density at radius 3 is 2.56 bits per heavy atom. The fourth-order valence-corrected chi connectivity index (χ4v) is 0.949. The summed E-state index contributed by atoms with van der Waals surface area (Å²) in [4.78, 5) is 20.0. The maximum absolute atomic E-state index is 10.0. The molecule has 0 radical (unpaired) electrons. The lowest BCUT2D eigenvalue weighted by Gasteiger charge is -1.91. The minimum atomic E-state index is -2.21. The molecule has 0 aromatic rings. The van der Waals surface area contributed by atoms with Crippen molar-refractivity contribution in [3.8, 4) is 0 Å². The number of hydrogen-bond acceptors (Lipinski definition) is 3. The molecule has 0 saturated heterocycles. The standard InChI is InChI=1S/C3H5ClNO3P/c1-2(3(6)7)5-9(4)8/h2H,1H3,(H,6,7). The zero-order chi connectivity index (χ0) is 7.44. The van der Waals surface area contributed by atoms with E-state index in [1.165, 1.54) is 6.92 Å². The Bertz CT molecular complexity index is 144. The first-order chi connectivity index (χ1) is 4.04. The van der Waals surface area contributed by atoms with E-state index in [9.17, 15) is 9.69 Å². The van der Waals surface area contributed by atoms with E-state index in [1.807, 2.05) is 0 Å². The maximum atomic E-state index is 10.0. The van der Waals surface area contributed by atoms with Crippen LogP contribution < -0.4 is 4.89 Å². The summed E-state index contributed by atoms with van der Waals surface area (Å²) in [6, 6.07) is -0.980. The van der Waals surface area contributed by atoms with Crippen LogP contribution in [0.3, 0.4) is 0 Å². The number of halogens is 1. The summed E-state index contributed by atoms with van der Waals surface area (Å²) in [5.74, 6) is -1.13. The lowest BCUT2D eigenvalue weighted by molar-refractivity contribution is -0.151. The van der Waals surface area contributed by atoms with Crippen LogP contribution in [0.4, 0.5) is 0 Å². The number of aliphatic carboxylic acids is 1. The normalized spacial score (nSPS) is 15.2. The number of carboxylic acid groups (broad SMARTS) is 1. The van der Waals surface area contributed by atoms with E-state index >= 15 is 0 Å². The zero-order valence-corrected chi connectivity index (χ0v) is 6.26. The average Bonchev–Trinajstić information content (AvgIpc) is 1.63. The molecule has 0 amide bonds. The first kappa shape index (κ1) is 8.82. The molecule has 2 atom stereocenters. The van der Waals surface area contributed by atoms with E-state index in [4.69, 9.17) is 16.3 Å². The highest BCUT2D eigenvalue weighted by atomic mass is 35.7. The van der Waals surface area contributed by atoms with Gasteiger partial charge < -0.3 is 10.00 Å². The first-order valence-corrected chi connectivity index (χ1v) is 4.22. The molecule has 0 saturated carbocycles. The third kappa shape index (κ3) is 4.33. The molecule has 9 heavy (non-hydrogen) atoms. The van der Waals surface area contributed by atoms with Crippen LogP contribution in [0, 0.1) is 0 Å². The van der Waals surface area contributed by atoms with E-state index in [1.54, 1.807) is 0 Å². The van der Waals surface area contributed by atoms with E-state index in [2.05, 4.69) is 4.74 Å². The molecule has 2 unspecified atom stereocenters. The van der Waals surface area contributed by atoms with Gasteiger partial charge in [0.2, 0.25) is 0 Å². The zero-order valence-electron chi connectivity index (χ0n) is 4.61. The highest BCUT2D eigenvalue weighted by molar-refractivity contribution is 7.69. The van der Waals surface area contributed by atoms with Crippen molar-refractivity contribution in [1.82, 2.24) is 0 Å². The molecule has 0 aliphatic carbocycles. The van der Waals surface area contributed by atoms with E-state index in [0.29, 0.717) is 0 Å². The molecule has 0 rings (SSSR count). The summed E-state index contributed by atoms with van der Waals surface area (Å²) in [5, 5.41) is 8.15. The maximum Gasteiger partial charge on any atom is 0.332 e. The summed E-state index contributed by atoms with van der Waals surface area (Å²) < 4.78 is 3.15. The van der Waals surface area contributed by atoms with Crippen molar-refractivity contribution >= 4 is 24.5 Å². The number of rotatable bonds is 2. The lowest BCUT2D eigenvalue weighted by atomic mass is 10.4. The van der Waals surface area contributed by atoms with Crippen molar-refractivity contribution in [2.24, 2.45) is 4.74 Å². The molecule has 0 aromatic carbocycles. The van der Waals surface area contributed by atoms with Crippen molar-refractivity contribution in [2.45, 2.75) is 13.0 Å². The molecule has 6 heteroatoms. The molecular formula is C3H5ClNO3P. The van der Waals surface area contributed by atoms with Crippen LogP contribution in [0.15, 0.2) is 4.74 Å². The van der Waals surface area contributed by atoms with Gasteiger partial charge in [0.05, 0.1) is 0 Å². The van der Waals surface area contributed by atoms with Crippen molar-refractivity contribution < 1.29 is 14.8 Å². The predicted molar refractivity (Wildman–Crippen MR) is 32.3 cm³/mol. The molecule has 0 spiro atoms. The second-order valence-corrected chi connectivity index (χ2v) is 2.91. The van der Waals surface area contributed by atoms with Gasteiger partial charge >= 0.3 is 5.97 Å². The Hall–Kier alpha value is -0.180. The van der Waals surface area contributed by atoms with Gasteiger partial charge in [-0.05, 0) is 6.92 Å². The highest BCUT2D eigenvalue weighted by Gasteiger charge is 2.11. The Kier molecular flexibility index (Phi) is 3.70. The Morgan fingerprint density at radius 1 is 2.00 bits per heavy atom. The average molecular weight is 170 g/mol. The molecule has 0 aliphatic heterocycles. The summed E-state index contributed by atoms with van der Waals surface area (Å²) in [6.07, 6.45) is 0. The van der Waals surface area contributed by atoms with Crippen LogP contribution in [0.1, 0.15) is 6.92 Å². The first-order valence-electron chi connectivity index (χ1n) is 2.10. The van der Waals surface area contributed by atoms with Crippen LogP contribution in [-0.4, -0.2) is 17.1 Å². The predicted octanol–water partition coefficient (Wildman–Crippen LogP) is 0.554. The van der Waals surface area contributed by atoms with Crippen molar-refractivity contribution in [3.63, 3.8) is 0 Å². The number of hydrogen-bond donors (Lipinski definition) is 1. The van der Waals surface area contributed by atoms with Gasteiger partial charge in [0, 0.05) is 0 Å². The molecule has 0 aliphatic rings. The molecule has 4 nitrogen and oxygen atoms in total. The van der Waals surface area contributed by atoms with E-state index in [-0.39, 0.29) is 0 Å². The van der Waals surface area contributed by atoms with Gasteiger partial charge in [-0.1, -0.05) is 4.74 Å². The topological polar surface area (TPSA) is 72.7 Å². The second kappa shape index (κ2) is 3.77. The molecule has 52 valence electrons. The fourth-order valence-electron chi connectivity index (χ4n) is 0.186. The summed E-state index contributed by atoms with van der Waals surface area (Å²) in [5.41, 5.74) is 0. The van der Waals surface area contributed by atoms with Crippen molar-refractivity contribution in [1.29, 1.82) is 0 Å². The minimum absolute atomic E-state index is 0.980. The lowest BCUT2D eigenvalue weighted by Crippen LogP contribution is -2.12. The number of carboxylic acids is 1. The van der Waals surface area contributed by atoms with Crippen LogP contribution in [0.25, 0.3) is 0 Å². The number of carbonyl (C=O) groups is 1. The molecular weight excluding hydrogens is 164 g/mol. The summed E-state index contributed by atoms with van der Waals surface area (Å²) in [6.45, 7) is 1.30. The molecule has 1 N–H and O–H groups in total. The SMILES string of the molecule is CC(N=[P+]([O-])Cl)C(=O)O. The van der Waals surface area contributed by atoms with Crippen LogP contribution in [-0.2, 0) is 4.79 Å². The molecule has 0 aromatic heterocycles.